The van der Waals surface area contributed by atoms with Crippen molar-refractivity contribution in [3.63, 3.8) is 0 Å². The number of carbonyl (C=O) groups is 4. The molecule has 0 fully saturated rings. The molecule has 19 heteroatoms. The maximum Gasteiger partial charge on any atom is 0.472 e. The number of allylic oxidation sites excluding steroid dienone is 8. The zero-order chi connectivity index (χ0) is 66.3. The number of carbonyl (C=O) groups excluding carboxylic acids is 4. The SMILES string of the molecule is CCCCCC/C=C\C=C/CCCCCCCC(=O)OC[C@H](COP(=O)(O)OC[C@@H](O)COP(=O)(O)OC[C@@H](COC(=O)CCCCCCCCCCCC)OC(=O)CCCCCCCCC(C)CC)OC(=O)CCCCCCC/C=C\C=C/CCCCCC. The van der Waals surface area contributed by atoms with E-state index in [0.29, 0.717) is 25.7 Å². The Bertz CT molecular complexity index is 1930. The predicted molar refractivity (Wildman–Crippen MR) is 363 cm³/mol. The third-order valence-corrected chi connectivity index (χ3v) is 17.5. The Morgan fingerprint density at radius 2 is 0.622 bits per heavy atom. The Kier molecular flexibility index (Phi) is 61.3. The molecule has 0 saturated heterocycles. The van der Waals surface area contributed by atoms with Crippen LogP contribution in [0.4, 0.5) is 0 Å². The fourth-order valence-electron chi connectivity index (χ4n) is 9.71. The minimum Gasteiger partial charge on any atom is -0.462 e. The fourth-order valence-corrected chi connectivity index (χ4v) is 11.3. The smallest absolute Gasteiger partial charge is 0.462 e. The maximum atomic E-state index is 13.0. The van der Waals surface area contributed by atoms with Crippen LogP contribution in [-0.2, 0) is 65.4 Å². The molecule has 0 radical (unpaired) electrons. The fraction of sp³-hybridized carbons (Fsp3) is 0.831. The summed E-state index contributed by atoms with van der Waals surface area (Å²) in [4.78, 5) is 72.5. The van der Waals surface area contributed by atoms with E-state index >= 15 is 0 Å². The Balaban J connectivity index is 5.32. The van der Waals surface area contributed by atoms with Crippen LogP contribution in [0.15, 0.2) is 48.6 Å². The number of ether oxygens (including phenoxy) is 4. The lowest BCUT2D eigenvalue weighted by Crippen LogP contribution is -2.30. The molecule has 3 N–H and O–H groups in total. The van der Waals surface area contributed by atoms with Gasteiger partial charge in [-0.1, -0.05) is 263 Å². The number of aliphatic hydroxyl groups is 1. The van der Waals surface area contributed by atoms with Crippen molar-refractivity contribution in [2.45, 2.75) is 335 Å². The van der Waals surface area contributed by atoms with Crippen molar-refractivity contribution in [1.82, 2.24) is 0 Å². The molecule has 3 unspecified atom stereocenters. The van der Waals surface area contributed by atoms with Gasteiger partial charge < -0.3 is 33.8 Å². The van der Waals surface area contributed by atoms with Crippen LogP contribution in [0, 0.1) is 5.92 Å². The lowest BCUT2D eigenvalue weighted by atomic mass is 10.00. The summed E-state index contributed by atoms with van der Waals surface area (Å²) in [6.45, 7) is 7.05. The molecule has 0 spiro atoms. The standard InChI is InChI=1S/C71H130O17P2/c1-6-10-13-16-19-22-25-27-29-31-33-36-39-45-50-55-69(74)81-60-66(87-70(75)56-51-46-40-37-34-32-30-28-26-23-20-17-14-11-7-2)62-85-89(77,78)83-58-65(72)59-84-90(79,80)86-63-67(88-71(76)57-52-47-42-41-43-48-53-64(5)9-4)61-82-68(73)54-49-44-38-35-24-21-18-15-12-8-3/h22-23,25-30,64-67,72H,6-21,24,31-63H2,1-5H3,(H,77,78)(H,79,80)/b25-22-,26-23-,29-27-,30-28-/t64?,65-,66-,67-/m1/s1. The van der Waals surface area contributed by atoms with Crippen molar-refractivity contribution in [3.05, 3.63) is 48.6 Å². The molecule has 0 amide bonds. The molecule has 0 rings (SSSR count). The zero-order valence-corrected chi connectivity index (χ0v) is 59.0. The lowest BCUT2D eigenvalue weighted by Gasteiger charge is -2.21. The van der Waals surface area contributed by atoms with Crippen LogP contribution < -0.4 is 0 Å². The summed E-state index contributed by atoms with van der Waals surface area (Å²) in [7, 11) is -9.92. The molecule has 0 aliphatic carbocycles. The summed E-state index contributed by atoms with van der Waals surface area (Å²) in [6, 6.07) is 0. The van der Waals surface area contributed by atoms with Crippen LogP contribution in [0.5, 0.6) is 0 Å². The highest BCUT2D eigenvalue weighted by Gasteiger charge is 2.30. The van der Waals surface area contributed by atoms with Gasteiger partial charge in [0.25, 0.3) is 0 Å². The topological polar surface area (TPSA) is 237 Å². The first-order chi connectivity index (χ1) is 43.6. The molecular weight excluding hydrogens is 1190 g/mol. The highest BCUT2D eigenvalue weighted by Crippen LogP contribution is 2.45. The number of hydrogen-bond donors (Lipinski definition) is 3. The summed E-state index contributed by atoms with van der Waals surface area (Å²) in [6.07, 6.45) is 55.7. The van der Waals surface area contributed by atoms with Crippen molar-refractivity contribution >= 4 is 39.5 Å². The average Bonchev–Trinajstić information content (AvgIpc) is 3.18. The van der Waals surface area contributed by atoms with E-state index in [2.05, 4.69) is 83.2 Å². The van der Waals surface area contributed by atoms with E-state index in [1.165, 1.54) is 109 Å². The van der Waals surface area contributed by atoms with Crippen LogP contribution >= 0.6 is 15.6 Å². The van der Waals surface area contributed by atoms with Gasteiger partial charge in [-0.05, 0) is 83.0 Å². The molecule has 0 aromatic carbocycles. The van der Waals surface area contributed by atoms with Gasteiger partial charge in [0.15, 0.2) is 12.2 Å². The third kappa shape index (κ3) is 62.5. The quantitative estimate of drug-likeness (QED) is 0.0169. The number of phosphoric acid groups is 2. The summed E-state index contributed by atoms with van der Waals surface area (Å²) in [5.41, 5.74) is 0. The molecule has 0 aliphatic heterocycles. The molecule has 90 heavy (non-hydrogen) atoms. The molecule has 0 bridgehead atoms. The van der Waals surface area contributed by atoms with Gasteiger partial charge in [0, 0.05) is 25.7 Å². The van der Waals surface area contributed by atoms with Gasteiger partial charge in [0.05, 0.1) is 26.4 Å². The van der Waals surface area contributed by atoms with Gasteiger partial charge in [-0.3, -0.25) is 37.3 Å². The van der Waals surface area contributed by atoms with Crippen LogP contribution in [0.25, 0.3) is 0 Å². The summed E-state index contributed by atoms with van der Waals surface area (Å²) >= 11 is 0. The maximum absolute atomic E-state index is 13.0. The van der Waals surface area contributed by atoms with Crippen LogP contribution in [0.1, 0.15) is 317 Å². The Labute approximate surface area is 547 Å². The Morgan fingerprint density at radius 1 is 0.356 bits per heavy atom. The van der Waals surface area contributed by atoms with Crippen molar-refractivity contribution < 1.29 is 80.2 Å². The first kappa shape index (κ1) is 87.0. The second-order valence-electron chi connectivity index (χ2n) is 24.5. The minimum atomic E-state index is -4.97. The summed E-state index contributed by atoms with van der Waals surface area (Å²) in [5.74, 6) is -1.47. The molecule has 17 nitrogen and oxygen atoms in total. The van der Waals surface area contributed by atoms with E-state index in [4.69, 9.17) is 37.0 Å². The average molecular weight is 1320 g/mol. The molecule has 6 atom stereocenters. The molecule has 0 aromatic rings. The van der Waals surface area contributed by atoms with Gasteiger partial charge in [0.1, 0.15) is 19.3 Å². The minimum absolute atomic E-state index is 0.0780. The van der Waals surface area contributed by atoms with Crippen LogP contribution in [0.2, 0.25) is 0 Å². The molecule has 0 heterocycles. The number of hydrogen-bond acceptors (Lipinski definition) is 15. The van der Waals surface area contributed by atoms with Crippen LogP contribution in [0.3, 0.4) is 0 Å². The largest absolute Gasteiger partial charge is 0.472 e. The molecule has 0 aliphatic rings. The van der Waals surface area contributed by atoms with Gasteiger partial charge in [0.2, 0.25) is 0 Å². The van der Waals surface area contributed by atoms with E-state index in [9.17, 15) is 43.2 Å². The van der Waals surface area contributed by atoms with Gasteiger partial charge in [-0.25, -0.2) is 9.13 Å². The number of rotatable bonds is 67. The van der Waals surface area contributed by atoms with Gasteiger partial charge in [-0.15, -0.1) is 0 Å². The molecule has 0 aromatic heterocycles. The number of unbranched alkanes of at least 4 members (excludes halogenated alkanes) is 32. The number of phosphoric ester groups is 2. The van der Waals surface area contributed by atoms with E-state index in [1.54, 1.807) is 0 Å². The van der Waals surface area contributed by atoms with E-state index in [0.717, 1.165) is 128 Å². The van der Waals surface area contributed by atoms with Gasteiger partial charge in [-0.2, -0.15) is 0 Å². The zero-order valence-electron chi connectivity index (χ0n) is 57.2. The number of aliphatic hydroxyl groups excluding tert-OH is 1. The first-order valence-electron chi connectivity index (χ1n) is 35.8. The van der Waals surface area contributed by atoms with Crippen LogP contribution in [-0.4, -0.2) is 96.7 Å². The van der Waals surface area contributed by atoms with E-state index in [1.807, 2.05) is 0 Å². The van der Waals surface area contributed by atoms with Crippen molar-refractivity contribution in [2.24, 2.45) is 5.92 Å². The summed E-state index contributed by atoms with van der Waals surface area (Å²) < 4.78 is 68.2. The second kappa shape index (κ2) is 63.4. The third-order valence-electron chi connectivity index (χ3n) is 15.6. The highest BCUT2D eigenvalue weighted by molar-refractivity contribution is 7.47. The van der Waals surface area contributed by atoms with Gasteiger partial charge >= 0.3 is 39.5 Å². The Morgan fingerprint density at radius 3 is 0.944 bits per heavy atom. The van der Waals surface area contributed by atoms with E-state index in [-0.39, 0.29) is 25.7 Å². The van der Waals surface area contributed by atoms with Crippen molar-refractivity contribution in [1.29, 1.82) is 0 Å². The predicted octanol–water partition coefficient (Wildman–Crippen LogP) is 19.6. The normalized spacial score (nSPS) is 14.7. The first-order valence-corrected chi connectivity index (χ1v) is 38.8. The van der Waals surface area contributed by atoms with E-state index < -0.39 is 97.5 Å². The molecular formula is C71H130O17P2. The van der Waals surface area contributed by atoms with Crippen molar-refractivity contribution in [3.8, 4) is 0 Å². The molecule has 0 saturated carbocycles. The second-order valence-corrected chi connectivity index (χ2v) is 27.4. The highest BCUT2D eigenvalue weighted by atomic mass is 31.2. The lowest BCUT2D eigenvalue weighted by molar-refractivity contribution is -0.161. The Hall–Kier alpha value is -2.98. The van der Waals surface area contributed by atoms with Crippen molar-refractivity contribution in [2.75, 3.05) is 39.6 Å². The monoisotopic (exact) mass is 1320 g/mol. The molecule has 526 valence electrons. The number of esters is 4. The summed E-state index contributed by atoms with van der Waals surface area (Å²) in [5, 5.41) is 10.6.